The lowest BCUT2D eigenvalue weighted by atomic mass is 10.0. The molecule has 0 spiro atoms. The number of amides is 1. The number of hydrogen-bond acceptors (Lipinski definition) is 6. The number of phosphoric ester groups is 1. The van der Waals surface area contributed by atoms with Crippen LogP contribution in [0, 0.1) is 0 Å². The van der Waals surface area contributed by atoms with E-state index in [-0.39, 0.29) is 12.5 Å². The SMILES string of the molecule is CC/C=C\C/C=C\C/C=C\C/C=C\C/C=C\C/C=C\C/C=C\CCCCCCCCCCCCCCCCCCCCCC(=O)NC(COP(=O)([O-])OCC[N+](C)(C)C)C(O)/C=C/CC/C=C/CC/C=C/CCCCCCCCCCCCCCC. The number of hydrogen-bond donors (Lipinski definition) is 2. The lowest BCUT2D eigenvalue weighted by Gasteiger charge is -2.29. The van der Waals surface area contributed by atoms with E-state index in [1.54, 1.807) is 6.08 Å². The summed E-state index contributed by atoms with van der Waals surface area (Å²) in [5.41, 5.74) is 0. The summed E-state index contributed by atoms with van der Waals surface area (Å²) in [5, 5.41) is 13.9. The minimum atomic E-state index is -4.62. The number of allylic oxidation sites excluding steroid dienone is 19. The number of carbonyl (C=O) groups is 1. The van der Waals surface area contributed by atoms with E-state index in [0.29, 0.717) is 17.4 Å². The number of nitrogens with zero attached hydrogens (tertiary/aromatic N) is 1. The zero-order valence-corrected chi connectivity index (χ0v) is 57.6. The third-order valence-electron chi connectivity index (χ3n) is 15.6. The number of unbranched alkanes of at least 4 members (excludes halogenated alkanes) is 34. The number of likely N-dealkylation sites (N-methyl/N-ethyl adjacent to an activating group) is 1. The topological polar surface area (TPSA) is 108 Å². The Hall–Kier alpha value is -3.10. The number of nitrogens with one attached hydrogen (secondary N) is 1. The molecule has 8 nitrogen and oxygen atoms in total. The molecule has 0 aliphatic rings. The molecule has 2 N–H and O–H groups in total. The van der Waals surface area contributed by atoms with Gasteiger partial charge in [-0.25, -0.2) is 0 Å². The molecular formula is C77H137N2O6P. The van der Waals surface area contributed by atoms with Gasteiger partial charge in [0.25, 0.3) is 7.82 Å². The molecule has 0 aromatic carbocycles. The third kappa shape index (κ3) is 68.4. The van der Waals surface area contributed by atoms with E-state index in [4.69, 9.17) is 9.05 Å². The fourth-order valence-corrected chi connectivity index (χ4v) is 10.8. The van der Waals surface area contributed by atoms with Crippen LogP contribution in [0.2, 0.25) is 0 Å². The number of carbonyl (C=O) groups excluding carboxylic acids is 1. The van der Waals surface area contributed by atoms with Crippen molar-refractivity contribution in [2.75, 3.05) is 40.9 Å². The van der Waals surface area contributed by atoms with Gasteiger partial charge in [-0.2, -0.15) is 0 Å². The zero-order valence-electron chi connectivity index (χ0n) is 56.7. The van der Waals surface area contributed by atoms with E-state index >= 15 is 0 Å². The Morgan fingerprint density at radius 1 is 0.419 bits per heavy atom. The summed E-state index contributed by atoms with van der Waals surface area (Å²) in [6, 6.07) is -0.916. The molecule has 0 bridgehead atoms. The zero-order chi connectivity index (χ0) is 62.6. The fourth-order valence-electron chi connectivity index (χ4n) is 10.1. The minimum Gasteiger partial charge on any atom is -0.756 e. The van der Waals surface area contributed by atoms with Gasteiger partial charge in [0.05, 0.1) is 39.9 Å². The van der Waals surface area contributed by atoms with Gasteiger partial charge in [-0.05, 0) is 103 Å². The highest BCUT2D eigenvalue weighted by Gasteiger charge is 2.23. The molecule has 0 aliphatic carbocycles. The lowest BCUT2D eigenvalue weighted by Crippen LogP contribution is -2.45. The molecule has 0 fully saturated rings. The van der Waals surface area contributed by atoms with Crippen molar-refractivity contribution in [2.24, 2.45) is 0 Å². The van der Waals surface area contributed by atoms with E-state index in [0.717, 1.165) is 89.9 Å². The lowest BCUT2D eigenvalue weighted by molar-refractivity contribution is -0.870. The van der Waals surface area contributed by atoms with E-state index in [1.165, 1.54) is 199 Å². The fraction of sp³-hybridized carbons (Fsp3) is 0.727. The van der Waals surface area contributed by atoms with E-state index in [1.807, 2.05) is 27.2 Å². The molecule has 0 aromatic rings. The first-order chi connectivity index (χ1) is 42.0. The maximum Gasteiger partial charge on any atom is 0.268 e. The van der Waals surface area contributed by atoms with Crippen molar-refractivity contribution in [1.29, 1.82) is 0 Å². The molecule has 0 aromatic heterocycles. The monoisotopic (exact) mass is 1220 g/mol. The van der Waals surface area contributed by atoms with Crippen molar-refractivity contribution in [3.8, 4) is 0 Å². The number of aliphatic hydroxyl groups is 1. The summed E-state index contributed by atoms with van der Waals surface area (Å²) in [6.07, 6.45) is 99.0. The Morgan fingerprint density at radius 3 is 1.08 bits per heavy atom. The van der Waals surface area contributed by atoms with E-state index < -0.39 is 26.6 Å². The highest BCUT2D eigenvalue weighted by Crippen LogP contribution is 2.38. The van der Waals surface area contributed by atoms with Gasteiger partial charge in [0.2, 0.25) is 5.91 Å². The second-order valence-electron chi connectivity index (χ2n) is 25.2. The first kappa shape index (κ1) is 82.9. The maximum absolute atomic E-state index is 13.0. The van der Waals surface area contributed by atoms with Crippen LogP contribution in [-0.4, -0.2) is 68.5 Å². The Kier molecular flexibility index (Phi) is 63.9. The van der Waals surface area contributed by atoms with Gasteiger partial charge in [0.1, 0.15) is 13.2 Å². The molecule has 0 heterocycles. The van der Waals surface area contributed by atoms with Crippen molar-refractivity contribution in [3.05, 3.63) is 122 Å². The average Bonchev–Trinajstić information content (AvgIpc) is 3.70. The summed E-state index contributed by atoms with van der Waals surface area (Å²) in [5.74, 6) is -0.210. The number of quaternary nitrogens is 1. The van der Waals surface area contributed by atoms with Crippen molar-refractivity contribution in [1.82, 2.24) is 5.32 Å². The van der Waals surface area contributed by atoms with Crippen LogP contribution in [0.5, 0.6) is 0 Å². The Balaban J connectivity index is 4.05. The normalized spacial score (nSPS) is 14.4. The van der Waals surface area contributed by atoms with Gasteiger partial charge in [0, 0.05) is 6.42 Å². The molecular weight excluding hydrogens is 1080 g/mol. The van der Waals surface area contributed by atoms with Crippen LogP contribution in [0.25, 0.3) is 0 Å². The summed E-state index contributed by atoms with van der Waals surface area (Å²) < 4.78 is 23.4. The van der Waals surface area contributed by atoms with Crippen molar-refractivity contribution < 1.29 is 32.9 Å². The molecule has 0 aliphatic heterocycles. The predicted molar refractivity (Wildman–Crippen MR) is 375 cm³/mol. The molecule has 0 radical (unpaired) electrons. The van der Waals surface area contributed by atoms with Crippen LogP contribution in [0.1, 0.15) is 309 Å². The molecule has 0 rings (SSSR count). The van der Waals surface area contributed by atoms with Crippen LogP contribution >= 0.6 is 7.82 Å². The second kappa shape index (κ2) is 66.3. The van der Waals surface area contributed by atoms with Gasteiger partial charge < -0.3 is 28.8 Å². The van der Waals surface area contributed by atoms with Crippen LogP contribution in [0.4, 0.5) is 0 Å². The van der Waals surface area contributed by atoms with Crippen LogP contribution in [0.3, 0.4) is 0 Å². The van der Waals surface area contributed by atoms with Crippen molar-refractivity contribution in [3.63, 3.8) is 0 Å². The first-order valence-electron chi connectivity index (χ1n) is 35.9. The van der Waals surface area contributed by atoms with Crippen LogP contribution < -0.4 is 10.2 Å². The number of rotatable bonds is 65. The van der Waals surface area contributed by atoms with Gasteiger partial charge in [-0.15, -0.1) is 0 Å². The van der Waals surface area contributed by atoms with Crippen molar-refractivity contribution in [2.45, 2.75) is 321 Å². The Bertz CT molecular complexity index is 1820. The van der Waals surface area contributed by atoms with Gasteiger partial charge in [0.15, 0.2) is 0 Å². The summed E-state index contributed by atoms with van der Waals surface area (Å²) in [7, 11) is 1.23. The summed E-state index contributed by atoms with van der Waals surface area (Å²) in [4.78, 5) is 25.6. The minimum absolute atomic E-state index is 0.0119. The predicted octanol–water partition coefficient (Wildman–Crippen LogP) is 22.6. The van der Waals surface area contributed by atoms with E-state index in [2.05, 4.69) is 129 Å². The van der Waals surface area contributed by atoms with Crippen LogP contribution in [0.15, 0.2) is 122 Å². The molecule has 1 amide bonds. The van der Waals surface area contributed by atoms with Gasteiger partial charge in [-0.3, -0.25) is 9.36 Å². The third-order valence-corrected chi connectivity index (χ3v) is 16.6. The molecule has 0 saturated carbocycles. The molecule has 3 atom stereocenters. The Labute approximate surface area is 533 Å². The first-order valence-corrected chi connectivity index (χ1v) is 37.4. The quantitative estimate of drug-likeness (QED) is 0.0272. The molecule has 496 valence electrons. The molecule has 0 saturated heterocycles. The average molecular weight is 1220 g/mol. The van der Waals surface area contributed by atoms with Crippen molar-refractivity contribution >= 4 is 13.7 Å². The summed E-state index contributed by atoms with van der Waals surface area (Å²) >= 11 is 0. The Morgan fingerprint density at radius 2 is 0.721 bits per heavy atom. The highest BCUT2D eigenvalue weighted by atomic mass is 31.2. The standard InChI is InChI=1S/C77H137N2O6P/c1-6-8-10-12-14-16-18-20-22-24-26-28-30-31-32-33-34-35-36-37-38-39-40-41-42-43-44-45-46-47-49-51-53-55-57-59-61-63-65-67-69-71-77(81)78-75(74-85-86(82,83)84-73-72-79(3,4)5)76(80)70-68-66-64-62-60-58-56-54-52-50-48-29-27-25-23-21-19-17-15-13-11-9-7-2/h8,10,14,16,20,22,26,28,31-32,34-35,37-38,52,54,60,62,68,70,75-76,80H,6-7,9,11-13,15,17-19,21,23-25,27,29-30,33,36,39-51,53,55-59,61,63-67,69,71-74H2,1-5H3,(H-,78,81,82,83)/b10-8-,16-14-,22-20-,28-26-,32-31-,35-34-,38-37-,54-52+,62-60+,70-68+. The molecule has 86 heavy (non-hydrogen) atoms. The maximum atomic E-state index is 13.0. The molecule has 9 heteroatoms. The van der Waals surface area contributed by atoms with Gasteiger partial charge in [-0.1, -0.05) is 322 Å². The smallest absolute Gasteiger partial charge is 0.268 e. The summed E-state index contributed by atoms with van der Waals surface area (Å²) in [6.45, 7) is 4.53. The number of aliphatic hydroxyl groups excluding tert-OH is 1. The van der Waals surface area contributed by atoms with E-state index in [9.17, 15) is 19.4 Å². The number of phosphoric acid groups is 1. The largest absolute Gasteiger partial charge is 0.756 e. The van der Waals surface area contributed by atoms with Gasteiger partial charge >= 0.3 is 0 Å². The second-order valence-corrected chi connectivity index (χ2v) is 26.6. The highest BCUT2D eigenvalue weighted by molar-refractivity contribution is 7.45. The van der Waals surface area contributed by atoms with Crippen LogP contribution in [-0.2, 0) is 18.4 Å². The molecule has 3 unspecified atom stereocenters.